The fraction of sp³-hybridized carbons (Fsp3) is 0.583. The first-order valence-electron chi connectivity index (χ1n) is 6.57. The number of fused-ring (bicyclic) bond motifs is 1. The molecule has 19 heavy (non-hydrogen) atoms. The van der Waals surface area contributed by atoms with Gasteiger partial charge in [-0.25, -0.2) is 9.07 Å². The molecule has 1 aliphatic rings. The van der Waals surface area contributed by atoms with Crippen molar-refractivity contribution in [1.29, 1.82) is 0 Å². The third-order valence-corrected chi connectivity index (χ3v) is 3.36. The molecule has 0 spiro atoms. The van der Waals surface area contributed by atoms with Gasteiger partial charge in [-0.1, -0.05) is 13.3 Å². The fourth-order valence-electron chi connectivity index (χ4n) is 2.29. The standard InChI is InChI=1S/C12H17FN6/c1-2-3-7(13)9-8-10(14)16-12(15)17-11(8)19(18-9)6-4-5-6/h6-7H,2-5H2,1H3,(H4,14,15,16,17). The number of halogens is 1. The average Bonchev–Trinajstić information content (AvgIpc) is 3.11. The van der Waals surface area contributed by atoms with E-state index in [4.69, 9.17) is 11.5 Å². The van der Waals surface area contributed by atoms with Gasteiger partial charge in [0.2, 0.25) is 5.95 Å². The second kappa shape index (κ2) is 4.32. The van der Waals surface area contributed by atoms with E-state index in [1.54, 1.807) is 4.68 Å². The number of hydrogen-bond acceptors (Lipinski definition) is 5. The Morgan fingerprint density at radius 3 is 2.74 bits per heavy atom. The van der Waals surface area contributed by atoms with E-state index >= 15 is 0 Å². The molecule has 2 aromatic heterocycles. The topological polar surface area (TPSA) is 95.6 Å². The van der Waals surface area contributed by atoms with E-state index in [0.717, 1.165) is 19.3 Å². The van der Waals surface area contributed by atoms with Crippen molar-refractivity contribution in [2.24, 2.45) is 0 Å². The molecule has 3 rings (SSSR count). The Kier molecular flexibility index (Phi) is 2.76. The molecule has 0 saturated heterocycles. The molecule has 0 amide bonds. The lowest BCUT2D eigenvalue weighted by Gasteiger charge is -2.04. The highest BCUT2D eigenvalue weighted by Gasteiger charge is 2.31. The predicted molar refractivity (Wildman–Crippen MR) is 71.2 cm³/mol. The Hall–Kier alpha value is -1.92. The van der Waals surface area contributed by atoms with Crippen LogP contribution in [-0.4, -0.2) is 19.7 Å². The summed E-state index contributed by atoms with van der Waals surface area (Å²) in [7, 11) is 0. The van der Waals surface area contributed by atoms with E-state index in [-0.39, 0.29) is 11.8 Å². The van der Waals surface area contributed by atoms with Crippen LogP contribution in [0, 0.1) is 0 Å². The maximum atomic E-state index is 14.2. The van der Waals surface area contributed by atoms with Gasteiger partial charge in [-0.3, -0.25) is 0 Å². The maximum absolute atomic E-state index is 14.2. The van der Waals surface area contributed by atoms with Gasteiger partial charge >= 0.3 is 0 Å². The first kappa shape index (κ1) is 12.1. The number of nitrogen functional groups attached to an aromatic ring is 2. The molecule has 7 heteroatoms. The molecule has 1 unspecified atom stereocenters. The first-order valence-corrected chi connectivity index (χ1v) is 6.57. The summed E-state index contributed by atoms with van der Waals surface area (Å²) >= 11 is 0. The van der Waals surface area contributed by atoms with Crippen molar-refractivity contribution >= 4 is 22.8 Å². The van der Waals surface area contributed by atoms with Crippen LogP contribution >= 0.6 is 0 Å². The van der Waals surface area contributed by atoms with Crippen molar-refractivity contribution in [3.63, 3.8) is 0 Å². The third-order valence-electron chi connectivity index (χ3n) is 3.36. The summed E-state index contributed by atoms with van der Waals surface area (Å²) in [6.07, 6.45) is 2.09. The van der Waals surface area contributed by atoms with Crippen molar-refractivity contribution in [3.05, 3.63) is 5.69 Å². The number of aromatic nitrogens is 4. The highest BCUT2D eigenvalue weighted by Crippen LogP contribution is 2.40. The number of hydrogen-bond donors (Lipinski definition) is 2. The second-order valence-corrected chi connectivity index (χ2v) is 4.98. The van der Waals surface area contributed by atoms with Crippen molar-refractivity contribution < 1.29 is 4.39 Å². The van der Waals surface area contributed by atoms with Gasteiger partial charge in [0.15, 0.2) is 5.65 Å². The molecule has 4 N–H and O–H groups in total. The van der Waals surface area contributed by atoms with Crippen LogP contribution in [0.3, 0.4) is 0 Å². The quantitative estimate of drug-likeness (QED) is 0.882. The normalized spacial score (nSPS) is 16.9. The lowest BCUT2D eigenvalue weighted by Crippen LogP contribution is -2.03. The lowest BCUT2D eigenvalue weighted by atomic mass is 10.1. The van der Waals surface area contributed by atoms with Gasteiger partial charge in [0.05, 0.1) is 11.4 Å². The van der Waals surface area contributed by atoms with Crippen LogP contribution in [0.15, 0.2) is 0 Å². The molecule has 102 valence electrons. The monoisotopic (exact) mass is 264 g/mol. The summed E-state index contributed by atoms with van der Waals surface area (Å²) in [4.78, 5) is 8.10. The summed E-state index contributed by atoms with van der Waals surface area (Å²) in [6.45, 7) is 1.94. The molecular weight excluding hydrogens is 247 g/mol. The van der Waals surface area contributed by atoms with Crippen LogP contribution in [0.5, 0.6) is 0 Å². The summed E-state index contributed by atoms with van der Waals surface area (Å²) in [5.74, 6) is 0.312. The molecule has 1 atom stereocenters. The number of anilines is 2. The van der Waals surface area contributed by atoms with Crippen molar-refractivity contribution in [2.45, 2.75) is 44.8 Å². The van der Waals surface area contributed by atoms with Gasteiger partial charge in [0.1, 0.15) is 17.7 Å². The largest absolute Gasteiger partial charge is 0.383 e. The smallest absolute Gasteiger partial charge is 0.224 e. The van der Waals surface area contributed by atoms with Crippen LogP contribution in [0.25, 0.3) is 11.0 Å². The minimum absolute atomic E-state index is 0.101. The lowest BCUT2D eigenvalue weighted by molar-refractivity contribution is 0.313. The molecule has 0 radical (unpaired) electrons. The van der Waals surface area contributed by atoms with Crippen LogP contribution in [-0.2, 0) is 0 Å². The maximum Gasteiger partial charge on any atom is 0.224 e. The number of nitrogens with two attached hydrogens (primary N) is 2. The minimum atomic E-state index is -1.14. The van der Waals surface area contributed by atoms with Gasteiger partial charge < -0.3 is 11.5 Å². The zero-order chi connectivity index (χ0) is 13.6. The van der Waals surface area contributed by atoms with Crippen molar-refractivity contribution in [3.8, 4) is 0 Å². The average molecular weight is 264 g/mol. The summed E-state index contributed by atoms with van der Waals surface area (Å²) in [5.41, 5.74) is 12.4. The predicted octanol–water partition coefficient (Wildman–Crippen LogP) is 2.14. The Balaban J connectivity index is 2.21. The Bertz CT molecular complexity index is 618. The molecule has 2 aromatic rings. The SMILES string of the molecule is CCCC(F)c1nn(C2CC2)c2nc(N)nc(N)c12. The van der Waals surface area contributed by atoms with Crippen molar-refractivity contribution in [2.75, 3.05) is 11.5 Å². The molecule has 6 nitrogen and oxygen atoms in total. The zero-order valence-electron chi connectivity index (χ0n) is 10.8. The number of nitrogens with zero attached hydrogens (tertiary/aromatic N) is 4. The molecular formula is C12H17FN6. The zero-order valence-corrected chi connectivity index (χ0v) is 10.8. The highest BCUT2D eigenvalue weighted by atomic mass is 19.1. The van der Waals surface area contributed by atoms with E-state index in [9.17, 15) is 4.39 Å². The summed E-state index contributed by atoms with van der Waals surface area (Å²) in [5, 5.41) is 4.89. The summed E-state index contributed by atoms with van der Waals surface area (Å²) < 4.78 is 16.0. The molecule has 1 fully saturated rings. The molecule has 0 bridgehead atoms. The van der Waals surface area contributed by atoms with Crippen molar-refractivity contribution in [1.82, 2.24) is 19.7 Å². The van der Waals surface area contributed by atoms with Gasteiger partial charge in [0.25, 0.3) is 0 Å². The summed E-state index contributed by atoms with van der Waals surface area (Å²) in [6, 6.07) is 0.291. The second-order valence-electron chi connectivity index (χ2n) is 4.98. The van der Waals surface area contributed by atoms with Crippen LogP contribution in [0.1, 0.15) is 50.5 Å². The Morgan fingerprint density at radius 1 is 1.37 bits per heavy atom. The Morgan fingerprint density at radius 2 is 2.11 bits per heavy atom. The molecule has 2 heterocycles. The molecule has 0 aromatic carbocycles. The van der Waals surface area contributed by atoms with Gasteiger partial charge in [-0.2, -0.15) is 15.1 Å². The van der Waals surface area contributed by atoms with Crippen LogP contribution < -0.4 is 11.5 Å². The van der Waals surface area contributed by atoms with E-state index in [1.807, 2.05) is 6.92 Å². The van der Waals surface area contributed by atoms with Gasteiger partial charge in [-0.05, 0) is 19.3 Å². The van der Waals surface area contributed by atoms with Gasteiger partial charge in [0, 0.05) is 0 Å². The third kappa shape index (κ3) is 1.98. The number of alkyl halides is 1. The fourth-order valence-corrected chi connectivity index (χ4v) is 2.29. The van der Waals surface area contributed by atoms with Crippen LogP contribution in [0.4, 0.5) is 16.2 Å². The van der Waals surface area contributed by atoms with E-state index in [2.05, 4.69) is 15.1 Å². The first-order chi connectivity index (χ1) is 9.11. The Labute approximate surface area is 110 Å². The van der Waals surface area contributed by atoms with E-state index in [1.165, 1.54) is 0 Å². The molecule has 0 aliphatic heterocycles. The minimum Gasteiger partial charge on any atom is -0.383 e. The van der Waals surface area contributed by atoms with Crippen LogP contribution in [0.2, 0.25) is 0 Å². The highest BCUT2D eigenvalue weighted by molar-refractivity contribution is 5.89. The van der Waals surface area contributed by atoms with E-state index in [0.29, 0.717) is 29.2 Å². The molecule has 1 saturated carbocycles. The van der Waals surface area contributed by atoms with Gasteiger partial charge in [-0.15, -0.1) is 0 Å². The molecule has 1 aliphatic carbocycles. The number of rotatable bonds is 4. The van der Waals surface area contributed by atoms with E-state index < -0.39 is 6.17 Å².